The van der Waals surface area contributed by atoms with E-state index >= 15 is 0 Å². The van der Waals surface area contributed by atoms with E-state index in [4.69, 9.17) is 9.47 Å². The van der Waals surface area contributed by atoms with Crippen LogP contribution in [-0.4, -0.2) is 43.7 Å². The first-order chi connectivity index (χ1) is 9.19. The molecule has 1 heterocycles. The van der Waals surface area contributed by atoms with Gasteiger partial charge in [0.1, 0.15) is 11.9 Å². The van der Waals surface area contributed by atoms with E-state index in [-0.39, 0.29) is 12.1 Å². The second-order valence-electron chi connectivity index (χ2n) is 4.87. The first-order valence-corrected chi connectivity index (χ1v) is 6.81. The number of likely N-dealkylation sites (tertiary alicyclic amines) is 1. The van der Waals surface area contributed by atoms with Gasteiger partial charge in [-0.15, -0.1) is 0 Å². The van der Waals surface area contributed by atoms with E-state index in [9.17, 15) is 4.79 Å². The van der Waals surface area contributed by atoms with E-state index in [1.807, 2.05) is 12.1 Å². The molecule has 0 aromatic heterocycles. The lowest BCUT2D eigenvalue weighted by atomic mass is 10.1. The van der Waals surface area contributed by atoms with Gasteiger partial charge in [0.05, 0.1) is 12.2 Å². The average molecular weight is 263 g/mol. The average Bonchev–Trinajstić information content (AvgIpc) is 2.42. The number of benzene rings is 1. The molecule has 1 aliphatic heterocycles. The van der Waals surface area contributed by atoms with E-state index in [0.717, 1.165) is 31.7 Å². The third kappa shape index (κ3) is 3.96. The summed E-state index contributed by atoms with van der Waals surface area (Å²) in [6, 6.07) is 7.23. The highest BCUT2D eigenvalue weighted by atomic mass is 16.5. The van der Waals surface area contributed by atoms with Gasteiger partial charge < -0.3 is 14.4 Å². The molecule has 2 rings (SSSR count). The van der Waals surface area contributed by atoms with Crippen LogP contribution >= 0.6 is 0 Å². The molecule has 0 N–H and O–H groups in total. The highest BCUT2D eigenvalue weighted by molar-refractivity contribution is 5.89. The van der Waals surface area contributed by atoms with Gasteiger partial charge >= 0.3 is 5.97 Å². The Labute approximate surface area is 114 Å². The number of piperidine rings is 1. The van der Waals surface area contributed by atoms with Crippen molar-refractivity contribution in [2.24, 2.45) is 0 Å². The summed E-state index contributed by atoms with van der Waals surface area (Å²) < 4.78 is 10.9. The fraction of sp³-hybridized carbons (Fsp3) is 0.533. The minimum atomic E-state index is -0.295. The second-order valence-corrected chi connectivity index (χ2v) is 4.87. The summed E-state index contributed by atoms with van der Waals surface area (Å²) in [5.41, 5.74) is 0.548. The summed E-state index contributed by atoms with van der Waals surface area (Å²) in [5, 5.41) is 0. The molecular weight excluding hydrogens is 242 g/mol. The van der Waals surface area contributed by atoms with Gasteiger partial charge in [-0.2, -0.15) is 0 Å². The number of carbonyl (C=O) groups is 1. The van der Waals surface area contributed by atoms with Crippen molar-refractivity contribution >= 4 is 5.97 Å². The van der Waals surface area contributed by atoms with Crippen molar-refractivity contribution in [2.75, 3.05) is 26.7 Å². The number of rotatable bonds is 4. The number of nitrogens with zero attached hydrogens (tertiary/aromatic N) is 1. The zero-order chi connectivity index (χ0) is 13.7. The van der Waals surface area contributed by atoms with Crippen molar-refractivity contribution in [2.45, 2.75) is 25.9 Å². The summed E-state index contributed by atoms with van der Waals surface area (Å²) in [6.45, 7) is 4.31. The zero-order valence-electron chi connectivity index (χ0n) is 11.6. The summed E-state index contributed by atoms with van der Waals surface area (Å²) >= 11 is 0. The lowest BCUT2D eigenvalue weighted by Crippen LogP contribution is -2.35. The Hall–Kier alpha value is -1.55. The van der Waals surface area contributed by atoms with Crippen LogP contribution in [0.15, 0.2) is 24.3 Å². The fourth-order valence-corrected chi connectivity index (χ4v) is 2.21. The smallest absolute Gasteiger partial charge is 0.338 e. The van der Waals surface area contributed by atoms with Crippen LogP contribution in [0.1, 0.15) is 30.1 Å². The van der Waals surface area contributed by atoms with Crippen LogP contribution in [-0.2, 0) is 4.74 Å². The standard InChI is InChI=1S/C15H21NO3/c1-3-18-15(17)12-5-4-6-14(11-12)19-13-7-9-16(2)10-8-13/h4-6,11,13H,3,7-10H2,1-2H3. The molecule has 0 saturated carbocycles. The van der Waals surface area contributed by atoms with E-state index in [0.29, 0.717) is 12.2 Å². The van der Waals surface area contributed by atoms with E-state index < -0.39 is 0 Å². The van der Waals surface area contributed by atoms with Crippen LogP contribution in [0.3, 0.4) is 0 Å². The van der Waals surface area contributed by atoms with Gasteiger partial charge in [-0.05, 0) is 45.0 Å². The second kappa shape index (κ2) is 6.57. The van der Waals surface area contributed by atoms with Gasteiger partial charge in [-0.1, -0.05) is 6.07 Å². The topological polar surface area (TPSA) is 38.8 Å². The Morgan fingerprint density at radius 3 is 2.79 bits per heavy atom. The predicted molar refractivity (Wildman–Crippen MR) is 73.5 cm³/mol. The van der Waals surface area contributed by atoms with E-state index in [1.54, 1.807) is 19.1 Å². The van der Waals surface area contributed by atoms with Gasteiger partial charge in [0.2, 0.25) is 0 Å². The number of hydrogen-bond acceptors (Lipinski definition) is 4. The van der Waals surface area contributed by atoms with Crippen LogP contribution < -0.4 is 4.74 Å². The number of ether oxygens (including phenoxy) is 2. The Morgan fingerprint density at radius 2 is 2.11 bits per heavy atom. The molecule has 1 aliphatic rings. The monoisotopic (exact) mass is 263 g/mol. The molecule has 1 aromatic rings. The summed E-state index contributed by atoms with van der Waals surface area (Å²) in [5.74, 6) is 0.455. The molecule has 0 amide bonds. The Morgan fingerprint density at radius 1 is 1.37 bits per heavy atom. The van der Waals surface area contributed by atoms with Gasteiger partial charge in [0.15, 0.2) is 0 Å². The van der Waals surface area contributed by atoms with Gasteiger partial charge in [0.25, 0.3) is 0 Å². The highest BCUT2D eigenvalue weighted by Crippen LogP contribution is 2.20. The summed E-state index contributed by atoms with van der Waals surface area (Å²) in [6.07, 6.45) is 2.30. The predicted octanol–water partition coefficient (Wildman–Crippen LogP) is 2.34. The molecule has 19 heavy (non-hydrogen) atoms. The minimum absolute atomic E-state index is 0.244. The Bertz CT molecular complexity index is 425. The van der Waals surface area contributed by atoms with E-state index in [1.165, 1.54) is 0 Å². The molecule has 0 atom stereocenters. The molecule has 0 aliphatic carbocycles. The lowest BCUT2D eigenvalue weighted by Gasteiger charge is -2.29. The third-order valence-electron chi connectivity index (χ3n) is 3.31. The van der Waals surface area contributed by atoms with Crippen molar-refractivity contribution in [1.29, 1.82) is 0 Å². The largest absolute Gasteiger partial charge is 0.490 e. The van der Waals surface area contributed by atoms with Crippen LogP contribution in [0.4, 0.5) is 0 Å². The van der Waals surface area contributed by atoms with Crippen LogP contribution in [0.5, 0.6) is 5.75 Å². The Kier molecular flexibility index (Phi) is 4.80. The number of hydrogen-bond donors (Lipinski definition) is 0. The molecule has 0 radical (unpaired) electrons. The lowest BCUT2D eigenvalue weighted by molar-refractivity contribution is 0.0525. The van der Waals surface area contributed by atoms with E-state index in [2.05, 4.69) is 11.9 Å². The fourth-order valence-electron chi connectivity index (χ4n) is 2.21. The van der Waals surface area contributed by atoms with Gasteiger partial charge in [-0.3, -0.25) is 0 Å². The molecule has 0 unspecified atom stereocenters. The number of esters is 1. The quantitative estimate of drug-likeness (QED) is 0.782. The minimum Gasteiger partial charge on any atom is -0.490 e. The van der Waals surface area contributed by atoms with Crippen molar-refractivity contribution in [3.8, 4) is 5.75 Å². The SMILES string of the molecule is CCOC(=O)c1cccc(OC2CCN(C)CC2)c1. The van der Waals surface area contributed by atoms with Crippen molar-refractivity contribution < 1.29 is 14.3 Å². The molecule has 0 bridgehead atoms. The maximum Gasteiger partial charge on any atom is 0.338 e. The Balaban J connectivity index is 1.97. The highest BCUT2D eigenvalue weighted by Gasteiger charge is 2.18. The van der Waals surface area contributed by atoms with Crippen molar-refractivity contribution in [1.82, 2.24) is 4.90 Å². The van der Waals surface area contributed by atoms with Crippen LogP contribution in [0.25, 0.3) is 0 Å². The first-order valence-electron chi connectivity index (χ1n) is 6.81. The molecule has 1 fully saturated rings. The number of carbonyl (C=O) groups excluding carboxylic acids is 1. The van der Waals surface area contributed by atoms with Crippen LogP contribution in [0, 0.1) is 0 Å². The molecule has 104 valence electrons. The van der Waals surface area contributed by atoms with Crippen molar-refractivity contribution in [3.63, 3.8) is 0 Å². The molecule has 1 saturated heterocycles. The normalized spacial score (nSPS) is 17.2. The van der Waals surface area contributed by atoms with Crippen LogP contribution in [0.2, 0.25) is 0 Å². The van der Waals surface area contributed by atoms with Gasteiger partial charge in [-0.25, -0.2) is 4.79 Å². The zero-order valence-corrected chi connectivity index (χ0v) is 11.6. The summed E-state index contributed by atoms with van der Waals surface area (Å²) in [7, 11) is 2.12. The molecule has 4 heteroatoms. The third-order valence-corrected chi connectivity index (χ3v) is 3.31. The maximum absolute atomic E-state index is 11.6. The molecule has 4 nitrogen and oxygen atoms in total. The maximum atomic E-state index is 11.6. The van der Waals surface area contributed by atoms with Gasteiger partial charge in [0, 0.05) is 13.1 Å². The first kappa shape index (κ1) is 13.9. The van der Waals surface area contributed by atoms with Crippen molar-refractivity contribution in [3.05, 3.63) is 29.8 Å². The molecule has 0 spiro atoms. The molecular formula is C15H21NO3. The summed E-state index contributed by atoms with van der Waals surface area (Å²) in [4.78, 5) is 13.9. The molecule has 1 aromatic carbocycles.